The molecule has 2 rings (SSSR count). The Hall–Kier alpha value is -2.07. The summed E-state index contributed by atoms with van der Waals surface area (Å²) < 4.78 is 11.3. The van der Waals surface area contributed by atoms with Crippen LogP contribution in [0.3, 0.4) is 0 Å². The lowest BCUT2D eigenvalue weighted by Crippen LogP contribution is -2.48. The van der Waals surface area contributed by atoms with Crippen molar-refractivity contribution < 1.29 is 19.1 Å². The zero-order chi connectivity index (χ0) is 22.1. The van der Waals surface area contributed by atoms with E-state index in [4.69, 9.17) is 44.9 Å². The normalized spacial score (nSPS) is 10.1. The predicted octanol–water partition coefficient (Wildman–Crippen LogP) is 4.26. The lowest BCUT2D eigenvalue weighted by molar-refractivity contribution is -0.119. The summed E-state index contributed by atoms with van der Waals surface area (Å²) in [6.45, 7) is 0.290. The zero-order valence-electron chi connectivity index (χ0n) is 15.8. The number of carbonyl (C=O) groups excluding carboxylic acids is 2. The molecule has 3 N–H and O–H groups in total. The average Bonchev–Trinajstić information content (AvgIpc) is 2.70. The number of carbonyl (C=O) groups is 2. The van der Waals surface area contributed by atoms with Gasteiger partial charge in [-0.1, -0.05) is 23.2 Å². The molecule has 0 aliphatic carbocycles. The number of rotatable bonds is 7. The van der Waals surface area contributed by atoms with Gasteiger partial charge in [0.05, 0.1) is 23.2 Å². The fraction of sp³-hybridized carbons (Fsp3) is 0.211. The number of hydrazine groups is 1. The highest BCUT2D eigenvalue weighted by Crippen LogP contribution is 2.27. The number of methoxy groups -OCH3 is 1. The van der Waals surface area contributed by atoms with E-state index in [-0.39, 0.29) is 24.0 Å². The molecule has 0 aromatic heterocycles. The molecule has 0 radical (unpaired) electrons. The van der Waals surface area contributed by atoms with Gasteiger partial charge in [-0.15, -0.1) is 0 Å². The Bertz CT molecular complexity index is 946. The van der Waals surface area contributed by atoms with Gasteiger partial charge in [-0.2, -0.15) is 0 Å². The summed E-state index contributed by atoms with van der Waals surface area (Å²) in [7, 11) is 1.53. The van der Waals surface area contributed by atoms with Crippen LogP contribution in [0.25, 0.3) is 0 Å². The number of benzene rings is 2. The predicted molar refractivity (Wildman–Crippen MR) is 123 cm³/mol. The van der Waals surface area contributed by atoms with Gasteiger partial charge in [-0.25, -0.2) is 0 Å². The minimum atomic E-state index is -0.428. The van der Waals surface area contributed by atoms with Gasteiger partial charge in [0.2, 0.25) is 5.91 Å². The van der Waals surface area contributed by atoms with Crippen molar-refractivity contribution in [2.45, 2.75) is 12.8 Å². The van der Waals surface area contributed by atoms with Crippen LogP contribution in [0.15, 0.2) is 40.9 Å². The first-order valence-electron chi connectivity index (χ1n) is 8.61. The van der Waals surface area contributed by atoms with E-state index < -0.39 is 5.91 Å². The highest BCUT2D eigenvalue weighted by Gasteiger charge is 2.10. The largest absolute Gasteiger partial charge is 0.496 e. The van der Waals surface area contributed by atoms with Crippen molar-refractivity contribution in [3.8, 4) is 11.5 Å². The molecule has 0 unspecified atom stereocenters. The first kappa shape index (κ1) is 24.2. The first-order valence-corrected chi connectivity index (χ1v) is 10.6. The standard InChI is InChI=1S/C19H18BrCl2N3O4S/c1-28-15-6-4-11(9-13(15)20)18(27)24-25-19(30)23-17(26)3-2-8-29-16-7-5-12(21)10-14(16)22/h4-7,9-10H,2-3,8H2,1H3,(H,24,27)(H2,23,25,26,30). The van der Waals surface area contributed by atoms with Crippen molar-refractivity contribution in [3.63, 3.8) is 0 Å². The van der Waals surface area contributed by atoms with Gasteiger partial charge >= 0.3 is 0 Å². The number of thiocarbonyl (C=S) groups is 1. The Kier molecular flexibility index (Phi) is 9.64. The maximum absolute atomic E-state index is 12.1. The second kappa shape index (κ2) is 11.9. The van der Waals surface area contributed by atoms with Gasteiger partial charge in [-0.05, 0) is 71.0 Å². The van der Waals surface area contributed by atoms with Crippen LogP contribution in [0.2, 0.25) is 10.0 Å². The zero-order valence-corrected chi connectivity index (χ0v) is 19.7. The molecular weight excluding hydrogens is 517 g/mol. The van der Waals surface area contributed by atoms with Crippen LogP contribution in [0.5, 0.6) is 11.5 Å². The maximum atomic E-state index is 12.1. The van der Waals surface area contributed by atoms with Crippen molar-refractivity contribution in [1.29, 1.82) is 0 Å². The summed E-state index contributed by atoms with van der Waals surface area (Å²) in [4.78, 5) is 24.1. The summed E-state index contributed by atoms with van der Waals surface area (Å²) in [6, 6.07) is 9.75. The third-order valence-electron chi connectivity index (χ3n) is 3.66. The molecule has 7 nitrogen and oxygen atoms in total. The fourth-order valence-electron chi connectivity index (χ4n) is 2.22. The molecule has 0 aliphatic heterocycles. The molecule has 0 fully saturated rings. The Balaban J connectivity index is 1.68. The van der Waals surface area contributed by atoms with E-state index in [1.165, 1.54) is 7.11 Å². The van der Waals surface area contributed by atoms with Crippen LogP contribution in [-0.4, -0.2) is 30.6 Å². The Morgan fingerprint density at radius 2 is 1.83 bits per heavy atom. The lowest BCUT2D eigenvalue weighted by atomic mass is 10.2. The summed E-state index contributed by atoms with van der Waals surface area (Å²) in [6.07, 6.45) is 0.617. The maximum Gasteiger partial charge on any atom is 0.269 e. The second-order valence-corrected chi connectivity index (χ2v) is 7.94. The van der Waals surface area contributed by atoms with E-state index in [1.54, 1.807) is 36.4 Å². The van der Waals surface area contributed by atoms with Gasteiger partial charge in [0.25, 0.3) is 5.91 Å². The first-order chi connectivity index (χ1) is 14.3. The van der Waals surface area contributed by atoms with E-state index in [9.17, 15) is 9.59 Å². The number of hydrogen-bond donors (Lipinski definition) is 3. The summed E-state index contributed by atoms with van der Waals surface area (Å²) in [5.41, 5.74) is 5.27. The highest BCUT2D eigenvalue weighted by atomic mass is 79.9. The van der Waals surface area contributed by atoms with Crippen LogP contribution < -0.4 is 25.6 Å². The van der Waals surface area contributed by atoms with Crippen molar-refractivity contribution in [3.05, 3.63) is 56.5 Å². The van der Waals surface area contributed by atoms with Crippen LogP contribution in [0.1, 0.15) is 23.2 Å². The van der Waals surface area contributed by atoms with E-state index in [2.05, 4.69) is 32.1 Å². The van der Waals surface area contributed by atoms with E-state index in [0.29, 0.717) is 38.0 Å². The smallest absolute Gasteiger partial charge is 0.269 e. The summed E-state index contributed by atoms with van der Waals surface area (Å²) in [5.74, 6) is 0.346. The minimum Gasteiger partial charge on any atom is -0.496 e. The van der Waals surface area contributed by atoms with Crippen LogP contribution in [0.4, 0.5) is 0 Å². The molecule has 30 heavy (non-hydrogen) atoms. The molecule has 0 bridgehead atoms. The topological polar surface area (TPSA) is 88.7 Å². The Labute approximate surface area is 197 Å². The van der Waals surface area contributed by atoms with Crippen molar-refractivity contribution in [2.24, 2.45) is 0 Å². The van der Waals surface area contributed by atoms with Gasteiger partial charge in [-0.3, -0.25) is 20.4 Å². The molecule has 0 saturated carbocycles. The molecule has 0 atom stereocenters. The van der Waals surface area contributed by atoms with Crippen LogP contribution in [0, 0.1) is 0 Å². The summed E-state index contributed by atoms with van der Waals surface area (Å²) in [5, 5.41) is 3.36. The molecule has 160 valence electrons. The number of halogens is 3. The third-order valence-corrected chi connectivity index (χ3v) is 5.01. The molecule has 2 amide bonds. The van der Waals surface area contributed by atoms with Crippen molar-refractivity contribution >= 4 is 68.3 Å². The molecule has 0 spiro atoms. The average molecular weight is 535 g/mol. The minimum absolute atomic E-state index is 0.0254. The Morgan fingerprint density at radius 1 is 1.10 bits per heavy atom. The molecular formula is C19H18BrCl2N3O4S. The van der Waals surface area contributed by atoms with Gasteiger partial charge in [0.1, 0.15) is 11.5 Å². The van der Waals surface area contributed by atoms with Gasteiger partial charge in [0, 0.05) is 17.0 Å². The third kappa shape index (κ3) is 7.64. The quantitative estimate of drug-likeness (QED) is 0.279. The van der Waals surface area contributed by atoms with Crippen molar-refractivity contribution in [1.82, 2.24) is 16.2 Å². The highest BCUT2D eigenvalue weighted by molar-refractivity contribution is 9.10. The fourth-order valence-corrected chi connectivity index (χ4v) is 3.39. The molecule has 2 aromatic carbocycles. The number of amides is 2. The lowest BCUT2D eigenvalue weighted by Gasteiger charge is -2.12. The number of hydrogen-bond acceptors (Lipinski definition) is 5. The SMILES string of the molecule is COc1ccc(C(=O)NNC(=S)NC(=O)CCCOc2ccc(Cl)cc2Cl)cc1Br. The van der Waals surface area contributed by atoms with E-state index in [1.807, 2.05) is 0 Å². The number of nitrogens with one attached hydrogen (secondary N) is 3. The molecule has 2 aromatic rings. The Morgan fingerprint density at radius 3 is 2.50 bits per heavy atom. The van der Waals surface area contributed by atoms with E-state index >= 15 is 0 Å². The molecule has 11 heteroatoms. The molecule has 0 aliphatic rings. The summed E-state index contributed by atoms with van der Waals surface area (Å²) >= 11 is 20.1. The van der Waals surface area contributed by atoms with Crippen LogP contribution >= 0.6 is 51.3 Å². The van der Waals surface area contributed by atoms with Gasteiger partial charge in [0.15, 0.2) is 5.11 Å². The molecule has 0 saturated heterocycles. The van der Waals surface area contributed by atoms with Gasteiger partial charge < -0.3 is 14.8 Å². The molecule has 0 heterocycles. The monoisotopic (exact) mass is 533 g/mol. The second-order valence-electron chi connectivity index (χ2n) is 5.83. The van der Waals surface area contributed by atoms with Crippen LogP contribution in [-0.2, 0) is 4.79 Å². The van der Waals surface area contributed by atoms with Crippen molar-refractivity contribution in [2.75, 3.05) is 13.7 Å². The number of ether oxygens (including phenoxy) is 2. The van der Waals surface area contributed by atoms with E-state index in [0.717, 1.165) is 0 Å².